The summed E-state index contributed by atoms with van der Waals surface area (Å²) in [5.74, 6) is 0.247. The summed E-state index contributed by atoms with van der Waals surface area (Å²) in [7, 11) is 4.08. The standard InChI is InChI=1S/C21H30N6O/c1-26(2)14-6-12-22-21-23-13-11-19(25-21)20(28)24-17-7-9-18(10-8-17)27-15-4-3-5-16-27/h7-11,13H,3-6,12,14-16H2,1-2H3,(H,24,28)(H,22,23,25). The lowest BCUT2D eigenvalue weighted by atomic mass is 10.1. The lowest BCUT2D eigenvalue weighted by molar-refractivity contribution is 0.102. The Morgan fingerprint density at radius 1 is 1.11 bits per heavy atom. The van der Waals surface area contributed by atoms with Gasteiger partial charge in [-0.1, -0.05) is 0 Å². The van der Waals surface area contributed by atoms with E-state index in [0.717, 1.165) is 38.3 Å². The number of amides is 1. The first kappa shape index (κ1) is 20.1. The van der Waals surface area contributed by atoms with Crippen molar-refractivity contribution in [2.45, 2.75) is 25.7 Å². The molecule has 0 atom stereocenters. The van der Waals surface area contributed by atoms with Gasteiger partial charge in [0.15, 0.2) is 0 Å². The fourth-order valence-corrected chi connectivity index (χ4v) is 3.27. The highest BCUT2D eigenvalue weighted by Crippen LogP contribution is 2.22. The van der Waals surface area contributed by atoms with Crippen LogP contribution in [0.4, 0.5) is 17.3 Å². The van der Waals surface area contributed by atoms with Gasteiger partial charge < -0.3 is 20.4 Å². The van der Waals surface area contributed by atoms with Gasteiger partial charge in [-0.2, -0.15) is 0 Å². The predicted octanol–water partition coefficient (Wildman–Crippen LogP) is 3.08. The van der Waals surface area contributed by atoms with Crippen molar-refractivity contribution in [3.63, 3.8) is 0 Å². The molecule has 7 heteroatoms. The summed E-state index contributed by atoms with van der Waals surface area (Å²) in [6.07, 6.45) is 6.40. The maximum absolute atomic E-state index is 12.5. The minimum absolute atomic E-state index is 0.232. The summed E-state index contributed by atoms with van der Waals surface area (Å²) >= 11 is 0. The smallest absolute Gasteiger partial charge is 0.274 e. The number of anilines is 3. The number of hydrogen-bond acceptors (Lipinski definition) is 6. The van der Waals surface area contributed by atoms with Crippen molar-refractivity contribution in [3.8, 4) is 0 Å². The molecule has 1 aromatic carbocycles. The molecule has 7 nitrogen and oxygen atoms in total. The van der Waals surface area contributed by atoms with Crippen molar-refractivity contribution in [1.82, 2.24) is 14.9 Å². The molecule has 1 amide bonds. The lowest BCUT2D eigenvalue weighted by Gasteiger charge is -2.28. The van der Waals surface area contributed by atoms with Gasteiger partial charge in [0.1, 0.15) is 5.69 Å². The molecular weight excluding hydrogens is 352 g/mol. The van der Waals surface area contributed by atoms with E-state index >= 15 is 0 Å². The minimum Gasteiger partial charge on any atom is -0.372 e. The number of benzene rings is 1. The second-order valence-corrected chi connectivity index (χ2v) is 7.40. The molecule has 3 rings (SSSR count). The van der Waals surface area contributed by atoms with Gasteiger partial charge in [0, 0.05) is 37.2 Å². The maximum Gasteiger partial charge on any atom is 0.274 e. The molecule has 0 spiro atoms. The molecule has 2 heterocycles. The highest BCUT2D eigenvalue weighted by Gasteiger charge is 2.12. The SMILES string of the molecule is CN(C)CCCNc1nccc(C(=O)Nc2ccc(N3CCCCC3)cc2)n1. The fraction of sp³-hybridized carbons (Fsp3) is 0.476. The van der Waals surface area contributed by atoms with Crippen LogP contribution in [0.3, 0.4) is 0 Å². The molecule has 1 aromatic heterocycles. The molecular formula is C21H30N6O. The van der Waals surface area contributed by atoms with Gasteiger partial charge in [-0.05, 0) is 76.7 Å². The molecule has 0 bridgehead atoms. The Balaban J connectivity index is 1.54. The van der Waals surface area contributed by atoms with Crippen LogP contribution in [0.25, 0.3) is 0 Å². The molecule has 28 heavy (non-hydrogen) atoms. The average Bonchev–Trinajstić information content (AvgIpc) is 2.72. The van der Waals surface area contributed by atoms with Crippen molar-refractivity contribution < 1.29 is 4.79 Å². The third kappa shape index (κ3) is 5.92. The number of nitrogens with zero attached hydrogens (tertiary/aromatic N) is 4. The first-order valence-electron chi connectivity index (χ1n) is 10.00. The molecule has 0 saturated carbocycles. The van der Waals surface area contributed by atoms with Crippen LogP contribution < -0.4 is 15.5 Å². The van der Waals surface area contributed by atoms with E-state index in [1.807, 2.05) is 26.2 Å². The first-order chi connectivity index (χ1) is 13.6. The topological polar surface area (TPSA) is 73.4 Å². The zero-order valence-corrected chi connectivity index (χ0v) is 16.8. The third-order valence-corrected chi connectivity index (χ3v) is 4.80. The average molecular weight is 383 g/mol. The number of rotatable bonds is 8. The van der Waals surface area contributed by atoms with E-state index in [4.69, 9.17) is 0 Å². The number of carbonyl (C=O) groups excluding carboxylic acids is 1. The van der Waals surface area contributed by atoms with Gasteiger partial charge in [0.05, 0.1) is 0 Å². The van der Waals surface area contributed by atoms with Crippen LogP contribution in [-0.4, -0.2) is 61.0 Å². The Kier molecular flexibility index (Phi) is 7.19. The van der Waals surface area contributed by atoms with Gasteiger partial charge in [0.25, 0.3) is 5.91 Å². The van der Waals surface area contributed by atoms with Crippen LogP contribution in [-0.2, 0) is 0 Å². The van der Waals surface area contributed by atoms with Crippen LogP contribution in [0.2, 0.25) is 0 Å². The molecule has 150 valence electrons. The highest BCUT2D eigenvalue weighted by atomic mass is 16.1. The summed E-state index contributed by atoms with van der Waals surface area (Å²) in [6, 6.07) is 9.66. The number of carbonyl (C=O) groups is 1. The van der Waals surface area contributed by atoms with Gasteiger partial charge in [-0.15, -0.1) is 0 Å². The van der Waals surface area contributed by atoms with E-state index in [1.54, 1.807) is 12.3 Å². The molecule has 0 radical (unpaired) electrons. The summed E-state index contributed by atoms with van der Waals surface area (Å²) in [5, 5.41) is 6.08. The van der Waals surface area contributed by atoms with E-state index < -0.39 is 0 Å². The van der Waals surface area contributed by atoms with E-state index in [1.165, 1.54) is 24.9 Å². The molecule has 0 unspecified atom stereocenters. The largest absolute Gasteiger partial charge is 0.372 e. The van der Waals surface area contributed by atoms with Crippen molar-refractivity contribution in [3.05, 3.63) is 42.2 Å². The number of nitrogens with one attached hydrogen (secondary N) is 2. The number of hydrogen-bond donors (Lipinski definition) is 2. The Labute approximate surface area is 167 Å². The van der Waals surface area contributed by atoms with Gasteiger partial charge >= 0.3 is 0 Å². The molecule has 1 saturated heterocycles. The Morgan fingerprint density at radius 2 is 1.86 bits per heavy atom. The molecule has 0 aliphatic carbocycles. The quantitative estimate of drug-likeness (QED) is 0.684. The normalized spacial score (nSPS) is 14.2. The van der Waals surface area contributed by atoms with Crippen molar-refractivity contribution in [2.24, 2.45) is 0 Å². The summed E-state index contributed by atoms with van der Waals surface area (Å²) in [5.41, 5.74) is 2.33. The zero-order chi connectivity index (χ0) is 19.8. The van der Waals surface area contributed by atoms with Gasteiger partial charge in [-0.3, -0.25) is 4.79 Å². The molecule has 1 fully saturated rings. The van der Waals surface area contributed by atoms with Crippen LogP contribution in [0.1, 0.15) is 36.2 Å². The van der Waals surface area contributed by atoms with E-state index in [2.05, 4.69) is 42.5 Å². The van der Waals surface area contributed by atoms with Crippen molar-refractivity contribution >= 4 is 23.2 Å². The minimum atomic E-state index is -0.232. The molecule has 1 aliphatic heterocycles. The van der Waals surface area contributed by atoms with Crippen LogP contribution in [0.5, 0.6) is 0 Å². The lowest BCUT2D eigenvalue weighted by Crippen LogP contribution is -2.29. The van der Waals surface area contributed by atoms with E-state index in [9.17, 15) is 4.79 Å². The number of piperidine rings is 1. The predicted molar refractivity (Wildman–Crippen MR) is 114 cm³/mol. The molecule has 1 aliphatic rings. The van der Waals surface area contributed by atoms with Crippen LogP contribution in [0, 0.1) is 0 Å². The monoisotopic (exact) mass is 382 g/mol. The second-order valence-electron chi connectivity index (χ2n) is 7.40. The summed E-state index contributed by atoms with van der Waals surface area (Å²) < 4.78 is 0. The van der Waals surface area contributed by atoms with Gasteiger partial charge in [0.2, 0.25) is 5.95 Å². The summed E-state index contributed by atoms with van der Waals surface area (Å²) in [4.78, 5) is 25.6. The van der Waals surface area contributed by atoms with Crippen LogP contribution in [0.15, 0.2) is 36.5 Å². The Morgan fingerprint density at radius 3 is 2.57 bits per heavy atom. The molecule has 2 N–H and O–H groups in total. The van der Waals surface area contributed by atoms with Crippen molar-refractivity contribution in [2.75, 3.05) is 55.8 Å². The second kappa shape index (κ2) is 10.0. The number of aromatic nitrogens is 2. The van der Waals surface area contributed by atoms with Gasteiger partial charge in [-0.25, -0.2) is 9.97 Å². The van der Waals surface area contributed by atoms with E-state index in [-0.39, 0.29) is 5.91 Å². The van der Waals surface area contributed by atoms with Crippen molar-refractivity contribution in [1.29, 1.82) is 0 Å². The van der Waals surface area contributed by atoms with E-state index in [0.29, 0.717) is 11.6 Å². The molecule has 2 aromatic rings. The highest BCUT2D eigenvalue weighted by molar-refractivity contribution is 6.03. The fourth-order valence-electron chi connectivity index (χ4n) is 3.27. The third-order valence-electron chi connectivity index (χ3n) is 4.80. The summed E-state index contributed by atoms with van der Waals surface area (Å²) in [6.45, 7) is 3.97. The Bertz CT molecular complexity index is 756. The Hall–Kier alpha value is -2.67. The van der Waals surface area contributed by atoms with Crippen LogP contribution >= 0.6 is 0 Å². The zero-order valence-electron chi connectivity index (χ0n) is 16.8. The maximum atomic E-state index is 12.5. The first-order valence-corrected chi connectivity index (χ1v) is 10.00.